The highest BCUT2D eigenvalue weighted by Crippen LogP contribution is 2.44. The molecule has 4 aromatic rings. The third kappa shape index (κ3) is 6.82. The fraction of sp³-hybridized carbons (Fsp3) is 0.368. The van der Waals surface area contributed by atoms with Gasteiger partial charge in [-0.1, -0.05) is 129 Å². The molecule has 0 amide bonds. The molecule has 4 rings (SSSR count). The van der Waals surface area contributed by atoms with Gasteiger partial charge in [0.05, 0.1) is 0 Å². The fourth-order valence-electron chi connectivity index (χ4n) is 5.19. The second-order valence-electron chi connectivity index (χ2n) is 13.8. The second kappa shape index (κ2) is 11.9. The molecule has 0 radical (unpaired) electrons. The molecule has 0 spiro atoms. The number of nitrogens with zero attached hydrogens (tertiary/aromatic N) is 1. The van der Waals surface area contributed by atoms with Crippen LogP contribution in [0.5, 0.6) is 5.75 Å². The molecule has 41 heavy (non-hydrogen) atoms. The van der Waals surface area contributed by atoms with E-state index in [0.717, 1.165) is 21.9 Å². The molecule has 214 valence electrons. The van der Waals surface area contributed by atoms with Gasteiger partial charge in [0, 0.05) is 5.56 Å². The summed E-state index contributed by atoms with van der Waals surface area (Å²) in [6.07, 6.45) is 0. The van der Waals surface area contributed by atoms with Crippen LogP contribution in [0.3, 0.4) is 0 Å². The summed E-state index contributed by atoms with van der Waals surface area (Å²) >= 11 is 0. The van der Waals surface area contributed by atoms with Gasteiger partial charge in [0.15, 0.2) is 11.1 Å². The van der Waals surface area contributed by atoms with Crippen molar-refractivity contribution in [3.63, 3.8) is 0 Å². The maximum atomic E-state index is 12.0. The molecule has 0 heterocycles. The van der Waals surface area contributed by atoms with Crippen LogP contribution in [0.2, 0.25) is 0 Å². The first kappa shape index (κ1) is 30.7. The highest BCUT2D eigenvalue weighted by Gasteiger charge is 2.34. The van der Waals surface area contributed by atoms with Crippen LogP contribution in [0.15, 0.2) is 89.7 Å². The topological polar surface area (TPSA) is 32.6 Å². The van der Waals surface area contributed by atoms with Crippen LogP contribution in [-0.4, -0.2) is 5.11 Å². The number of aromatic hydroxyl groups is 1. The summed E-state index contributed by atoms with van der Waals surface area (Å²) < 4.78 is 5.66. The lowest BCUT2D eigenvalue weighted by atomic mass is 9.80. The van der Waals surface area contributed by atoms with Gasteiger partial charge in [-0.3, -0.25) is 0 Å². The lowest BCUT2D eigenvalue weighted by Crippen LogP contribution is -2.21. The monoisotopic (exact) mass is 564 g/mol. The molecule has 0 aliphatic rings. The molecular formula is C38H47NOP+. The van der Waals surface area contributed by atoms with Crippen LogP contribution in [0.4, 0.5) is 5.69 Å². The van der Waals surface area contributed by atoms with Crippen LogP contribution in [0.25, 0.3) is 11.1 Å². The Morgan fingerprint density at radius 2 is 1.17 bits per heavy atom. The largest absolute Gasteiger partial charge is 0.503 e. The summed E-state index contributed by atoms with van der Waals surface area (Å²) in [6.45, 7) is 22.2. The molecular weight excluding hydrogens is 517 g/mol. The van der Waals surface area contributed by atoms with Crippen molar-refractivity contribution in [3.8, 4) is 16.9 Å². The average Bonchev–Trinajstić information content (AvgIpc) is 2.91. The Morgan fingerprint density at radius 3 is 1.66 bits per heavy atom. The van der Waals surface area contributed by atoms with Gasteiger partial charge in [0.2, 0.25) is 5.30 Å². The lowest BCUT2D eigenvalue weighted by molar-refractivity contribution is 0.449. The van der Waals surface area contributed by atoms with Crippen molar-refractivity contribution in [1.82, 2.24) is 0 Å². The van der Waals surface area contributed by atoms with Crippen LogP contribution in [-0.2, 0) is 10.8 Å². The SMILES string of the molecule is CC(C)c1cccc(C(C)C)c1N=[P+](c1ccc(-c2ccccc2)cc1)c1cc(C(C)(C)C)cc(C(C)(C)C)c1O. The Kier molecular flexibility index (Phi) is 8.95. The summed E-state index contributed by atoms with van der Waals surface area (Å²) in [5, 5.41) is 14.0. The van der Waals surface area contributed by atoms with E-state index in [1.807, 2.05) is 6.07 Å². The quantitative estimate of drug-likeness (QED) is 0.232. The van der Waals surface area contributed by atoms with Crippen molar-refractivity contribution in [2.75, 3.05) is 0 Å². The van der Waals surface area contributed by atoms with Crippen LogP contribution in [0.1, 0.15) is 103 Å². The molecule has 0 saturated heterocycles. The zero-order valence-corrected chi connectivity index (χ0v) is 27.5. The van der Waals surface area contributed by atoms with Crippen molar-refractivity contribution in [2.45, 2.75) is 91.9 Å². The first-order valence-corrected chi connectivity index (χ1v) is 16.2. The fourth-order valence-corrected chi connectivity index (χ4v) is 7.14. The number of phenols is 1. The second-order valence-corrected chi connectivity index (χ2v) is 15.6. The minimum Gasteiger partial charge on any atom is -0.503 e. The third-order valence-corrected chi connectivity index (χ3v) is 9.74. The standard InChI is InChI=1S/C38H46NOP/c1-25(2)31-17-14-18-32(26(3)4)35(31)39-41(30-21-19-28(20-22-30)27-15-12-11-13-16-27)34-24-29(37(5,6)7)23-33(36(34)40)38(8,9)10/h11-26H,1-10H3/p+1. The number of hydrogen-bond acceptors (Lipinski definition) is 2. The van der Waals surface area contributed by atoms with Crippen molar-refractivity contribution >= 4 is 24.0 Å². The van der Waals surface area contributed by atoms with E-state index in [2.05, 4.69) is 148 Å². The number of phenolic OH excluding ortho intramolecular Hbond substituents is 1. The van der Waals surface area contributed by atoms with E-state index in [-0.39, 0.29) is 10.8 Å². The van der Waals surface area contributed by atoms with E-state index in [0.29, 0.717) is 17.6 Å². The molecule has 0 aliphatic carbocycles. The first-order chi connectivity index (χ1) is 19.2. The third-order valence-electron chi connectivity index (χ3n) is 7.75. The Bertz CT molecular complexity index is 1510. The first-order valence-electron chi connectivity index (χ1n) is 14.9. The number of hydrogen-bond donors (Lipinski definition) is 1. The Hall–Kier alpha value is -3.22. The summed E-state index contributed by atoms with van der Waals surface area (Å²) in [4.78, 5) is 0. The van der Waals surface area contributed by atoms with Gasteiger partial charge in [-0.15, -0.1) is 0 Å². The molecule has 0 bridgehead atoms. The summed E-state index contributed by atoms with van der Waals surface area (Å²) in [7, 11) is -1.26. The molecule has 0 aliphatic heterocycles. The van der Waals surface area contributed by atoms with Crippen molar-refractivity contribution in [1.29, 1.82) is 0 Å². The van der Waals surface area contributed by atoms with Gasteiger partial charge in [-0.25, -0.2) is 0 Å². The minimum atomic E-state index is -1.26. The predicted molar refractivity (Wildman–Crippen MR) is 180 cm³/mol. The average molecular weight is 565 g/mol. The van der Waals surface area contributed by atoms with Crippen molar-refractivity contribution in [3.05, 3.63) is 107 Å². The number of benzene rings is 4. The predicted octanol–water partition coefficient (Wildman–Crippen LogP) is 10.8. The van der Waals surface area contributed by atoms with Crippen molar-refractivity contribution < 1.29 is 5.11 Å². The Balaban J connectivity index is 2.08. The zero-order chi connectivity index (χ0) is 30.1. The van der Waals surface area contributed by atoms with Gasteiger partial charge in [0.25, 0.3) is 7.71 Å². The highest BCUT2D eigenvalue weighted by molar-refractivity contribution is 7.64. The van der Waals surface area contributed by atoms with Crippen LogP contribution in [0, 0.1) is 0 Å². The van der Waals surface area contributed by atoms with E-state index < -0.39 is 7.71 Å². The van der Waals surface area contributed by atoms with Gasteiger partial charge in [-0.2, -0.15) is 0 Å². The molecule has 3 heteroatoms. The Labute approximate surface area is 249 Å². The van der Waals surface area contributed by atoms with Gasteiger partial charge >= 0.3 is 0 Å². The maximum Gasteiger partial charge on any atom is 0.286 e. The lowest BCUT2D eigenvalue weighted by Gasteiger charge is -2.26. The zero-order valence-electron chi connectivity index (χ0n) is 26.6. The van der Waals surface area contributed by atoms with Gasteiger partial charge in [-0.05, 0) is 80.8 Å². The normalized spacial score (nSPS) is 12.8. The molecule has 1 atom stereocenters. The van der Waals surface area contributed by atoms with Crippen molar-refractivity contribution in [2.24, 2.45) is 4.74 Å². The van der Waals surface area contributed by atoms with E-state index in [9.17, 15) is 5.11 Å². The molecule has 0 aromatic heterocycles. The minimum absolute atomic E-state index is 0.0699. The summed E-state index contributed by atoms with van der Waals surface area (Å²) in [6, 6.07) is 30.3. The smallest absolute Gasteiger partial charge is 0.286 e. The van der Waals surface area contributed by atoms with E-state index >= 15 is 0 Å². The number of rotatable bonds is 6. The van der Waals surface area contributed by atoms with Crippen LogP contribution >= 0.6 is 7.71 Å². The van der Waals surface area contributed by atoms with Gasteiger partial charge < -0.3 is 5.11 Å². The highest BCUT2D eigenvalue weighted by atomic mass is 31.1. The molecule has 4 aromatic carbocycles. The molecule has 0 saturated carbocycles. The molecule has 2 nitrogen and oxygen atoms in total. The Morgan fingerprint density at radius 1 is 0.634 bits per heavy atom. The maximum absolute atomic E-state index is 12.0. The molecule has 0 fully saturated rings. The van der Waals surface area contributed by atoms with E-state index in [1.54, 1.807) is 0 Å². The van der Waals surface area contributed by atoms with Crippen LogP contribution < -0.4 is 10.6 Å². The summed E-state index contributed by atoms with van der Waals surface area (Å²) in [5.41, 5.74) is 7.88. The molecule has 1 N–H and O–H groups in total. The summed E-state index contributed by atoms with van der Waals surface area (Å²) in [5.74, 6) is 1.05. The van der Waals surface area contributed by atoms with E-state index in [4.69, 9.17) is 4.74 Å². The van der Waals surface area contributed by atoms with Gasteiger partial charge in [0.1, 0.15) is 5.69 Å². The molecule has 1 unspecified atom stereocenters. The van der Waals surface area contributed by atoms with E-state index in [1.165, 1.54) is 27.8 Å².